The SMILES string of the molecule is COC(=O)c1c(N)sc(C#N)c1-c1ccccc1. The van der Waals surface area contributed by atoms with Gasteiger partial charge in [0.25, 0.3) is 0 Å². The van der Waals surface area contributed by atoms with Crippen LogP contribution >= 0.6 is 11.3 Å². The molecule has 18 heavy (non-hydrogen) atoms. The van der Waals surface area contributed by atoms with Gasteiger partial charge in [-0.2, -0.15) is 5.26 Å². The van der Waals surface area contributed by atoms with Gasteiger partial charge in [-0.05, 0) is 5.56 Å². The number of anilines is 1. The summed E-state index contributed by atoms with van der Waals surface area (Å²) < 4.78 is 4.72. The maximum atomic E-state index is 11.8. The summed E-state index contributed by atoms with van der Waals surface area (Å²) in [5.74, 6) is -0.524. The highest BCUT2D eigenvalue weighted by atomic mass is 32.1. The van der Waals surface area contributed by atoms with E-state index >= 15 is 0 Å². The standard InChI is InChI=1S/C13H10N2O2S/c1-17-13(16)11-10(8-5-3-2-4-6-8)9(7-14)18-12(11)15/h2-6H,15H2,1H3. The second kappa shape index (κ2) is 4.90. The third-order valence-electron chi connectivity index (χ3n) is 2.49. The number of carbonyl (C=O) groups excluding carboxylic acids is 1. The number of benzene rings is 1. The average Bonchev–Trinajstić information content (AvgIpc) is 2.75. The Morgan fingerprint density at radius 1 is 1.39 bits per heavy atom. The highest BCUT2D eigenvalue weighted by molar-refractivity contribution is 7.17. The molecule has 0 aliphatic heterocycles. The molecule has 90 valence electrons. The van der Waals surface area contributed by atoms with Crippen molar-refractivity contribution in [2.24, 2.45) is 0 Å². The lowest BCUT2D eigenvalue weighted by atomic mass is 10.0. The molecule has 0 saturated heterocycles. The van der Waals surface area contributed by atoms with E-state index in [-0.39, 0.29) is 5.56 Å². The Balaban J connectivity index is 2.72. The van der Waals surface area contributed by atoms with Crippen LogP contribution in [0.1, 0.15) is 15.2 Å². The molecule has 1 aromatic carbocycles. The molecule has 0 bridgehead atoms. The smallest absolute Gasteiger partial charge is 0.341 e. The second-order valence-electron chi connectivity index (χ2n) is 3.51. The van der Waals surface area contributed by atoms with Crippen LogP contribution in [0.25, 0.3) is 11.1 Å². The van der Waals surface area contributed by atoms with Crippen molar-refractivity contribution in [2.45, 2.75) is 0 Å². The number of hydrogen-bond donors (Lipinski definition) is 1. The molecule has 1 heterocycles. The fourth-order valence-electron chi connectivity index (χ4n) is 1.71. The molecule has 1 aromatic heterocycles. The monoisotopic (exact) mass is 258 g/mol. The number of nitrogens with two attached hydrogens (primary N) is 1. The molecule has 0 saturated carbocycles. The van der Waals surface area contributed by atoms with Crippen molar-refractivity contribution in [3.05, 3.63) is 40.8 Å². The molecule has 0 unspecified atom stereocenters. The van der Waals surface area contributed by atoms with Crippen molar-refractivity contribution in [1.29, 1.82) is 5.26 Å². The van der Waals surface area contributed by atoms with E-state index in [2.05, 4.69) is 6.07 Å². The first-order valence-electron chi connectivity index (χ1n) is 5.15. The lowest BCUT2D eigenvalue weighted by Gasteiger charge is -2.04. The van der Waals surface area contributed by atoms with Gasteiger partial charge >= 0.3 is 5.97 Å². The van der Waals surface area contributed by atoms with E-state index in [1.54, 1.807) is 0 Å². The first kappa shape index (κ1) is 12.1. The Morgan fingerprint density at radius 3 is 2.61 bits per heavy atom. The van der Waals surface area contributed by atoms with Crippen LogP contribution in [-0.2, 0) is 4.74 Å². The van der Waals surface area contributed by atoms with Gasteiger partial charge in [0, 0.05) is 5.56 Å². The number of hydrogen-bond acceptors (Lipinski definition) is 5. The lowest BCUT2D eigenvalue weighted by Crippen LogP contribution is -2.04. The van der Waals surface area contributed by atoms with Crippen LogP contribution in [-0.4, -0.2) is 13.1 Å². The van der Waals surface area contributed by atoms with Crippen molar-refractivity contribution in [3.63, 3.8) is 0 Å². The van der Waals surface area contributed by atoms with Gasteiger partial charge in [-0.3, -0.25) is 0 Å². The van der Waals surface area contributed by atoms with Crippen molar-refractivity contribution >= 4 is 22.3 Å². The Kier molecular flexibility index (Phi) is 3.31. The highest BCUT2D eigenvalue weighted by Crippen LogP contribution is 2.38. The van der Waals surface area contributed by atoms with Gasteiger partial charge in [0.2, 0.25) is 0 Å². The summed E-state index contributed by atoms with van der Waals surface area (Å²) in [4.78, 5) is 12.2. The van der Waals surface area contributed by atoms with E-state index in [0.29, 0.717) is 15.4 Å². The van der Waals surface area contributed by atoms with Crippen LogP contribution in [0.2, 0.25) is 0 Å². The maximum absolute atomic E-state index is 11.8. The molecular weight excluding hydrogens is 248 g/mol. The summed E-state index contributed by atoms with van der Waals surface area (Å²) >= 11 is 1.10. The first-order chi connectivity index (χ1) is 8.69. The number of rotatable bonds is 2. The molecule has 2 rings (SSSR count). The minimum Gasteiger partial charge on any atom is -0.465 e. The zero-order valence-electron chi connectivity index (χ0n) is 9.64. The van der Waals surface area contributed by atoms with E-state index in [0.717, 1.165) is 16.9 Å². The maximum Gasteiger partial charge on any atom is 0.341 e. The molecular formula is C13H10N2O2S. The zero-order chi connectivity index (χ0) is 13.1. The normalized spacial score (nSPS) is 9.78. The largest absolute Gasteiger partial charge is 0.465 e. The van der Waals surface area contributed by atoms with Gasteiger partial charge in [0.1, 0.15) is 21.5 Å². The Hall–Kier alpha value is -2.32. The van der Waals surface area contributed by atoms with E-state index in [9.17, 15) is 4.79 Å². The Labute approximate surface area is 108 Å². The summed E-state index contributed by atoms with van der Waals surface area (Å²) in [7, 11) is 1.29. The van der Waals surface area contributed by atoms with E-state index < -0.39 is 5.97 Å². The quantitative estimate of drug-likeness (QED) is 0.840. The van der Waals surface area contributed by atoms with Crippen molar-refractivity contribution in [2.75, 3.05) is 12.8 Å². The Morgan fingerprint density at radius 2 is 2.06 bits per heavy atom. The molecule has 4 nitrogen and oxygen atoms in total. The Bertz CT molecular complexity index is 626. The van der Waals surface area contributed by atoms with E-state index in [1.165, 1.54) is 7.11 Å². The summed E-state index contributed by atoms with van der Waals surface area (Å²) in [5, 5.41) is 9.43. The van der Waals surface area contributed by atoms with Crippen LogP contribution in [0.3, 0.4) is 0 Å². The van der Waals surface area contributed by atoms with Crippen molar-refractivity contribution in [1.82, 2.24) is 0 Å². The molecule has 0 aliphatic carbocycles. The van der Waals surface area contributed by atoms with Crippen LogP contribution in [0.15, 0.2) is 30.3 Å². The van der Waals surface area contributed by atoms with Crippen LogP contribution in [0, 0.1) is 11.3 Å². The van der Waals surface area contributed by atoms with Crippen molar-refractivity contribution in [3.8, 4) is 17.2 Å². The predicted molar refractivity (Wildman–Crippen MR) is 70.2 cm³/mol. The van der Waals surface area contributed by atoms with E-state index in [4.69, 9.17) is 15.7 Å². The molecule has 0 radical (unpaired) electrons. The zero-order valence-corrected chi connectivity index (χ0v) is 10.5. The highest BCUT2D eigenvalue weighted by Gasteiger charge is 2.23. The fraction of sp³-hybridized carbons (Fsp3) is 0.0769. The van der Waals surface area contributed by atoms with Crippen LogP contribution in [0.5, 0.6) is 0 Å². The van der Waals surface area contributed by atoms with E-state index in [1.807, 2.05) is 30.3 Å². The molecule has 0 amide bonds. The molecule has 0 spiro atoms. The van der Waals surface area contributed by atoms with Crippen molar-refractivity contribution < 1.29 is 9.53 Å². The number of nitrogen functional groups attached to an aromatic ring is 1. The summed E-state index contributed by atoms with van der Waals surface area (Å²) in [6.07, 6.45) is 0. The topological polar surface area (TPSA) is 76.1 Å². The minimum absolute atomic E-state index is 0.269. The number of thiophene rings is 1. The number of ether oxygens (including phenoxy) is 1. The number of nitriles is 1. The van der Waals surface area contributed by atoms with Crippen LogP contribution < -0.4 is 5.73 Å². The number of esters is 1. The molecule has 0 atom stereocenters. The number of methoxy groups -OCH3 is 1. The lowest BCUT2D eigenvalue weighted by molar-refractivity contribution is 0.0603. The third-order valence-corrected chi connectivity index (χ3v) is 3.41. The van der Waals surface area contributed by atoms with Gasteiger partial charge in [-0.15, -0.1) is 11.3 Å². The molecule has 2 N–H and O–H groups in total. The first-order valence-corrected chi connectivity index (χ1v) is 5.96. The van der Waals surface area contributed by atoms with Crippen LogP contribution in [0.4, 0.5) is 5.00 Å². The minimum atomic E-state index is -0.524. The molecule has 0 fully saturated rings. The third kappa shape index (κ3) is 1.94. The average molecular weight is 258 g/mol. The van der Waals surface area contributed by atoms with Gasteiger partial charge in [-0.1, -0.05) is 30.3 Å². The molecule has 5 heteroatoms. The van der Waals surface area contributed by atoms with Gasteiger partial charge in [-0.25, -0.2) is 4.79 Å². The predicted octanol–water partition coefficient (Wildman–Crippen LogP) is 2.66. The van der Waals surface area contributed by atoms with Gasteiger partial charge < -0.3 is 10.5 Å². The molecule has 0 aliphatic rings. The summed E-state index contributed by atoms with van der Waals surface area (Å²) in [5.41, 5.74) is 7.40. The van der Waals surface area contributed by atoms with Gasteiger partial charge in [0.05, 0.1) is 7.11 Å². The molecule has 2 aromatic rings. The second-order valence-corrected chi connectivity index (χ2v) is 4.57. The summed E-state index contributed by atoms with van der Waals surface area (Å²) in [6.45, 7) is 0. The summed E-state index contributed by atoms with van der Waals surface area (Å²) in [6, 6.07) is 11.3. The number of nitrogens with zero attached hydrogens (tertiary/aromatic N) is 1. The number of carbonyl (C=O) groups is 1. The van der Waals surface area contributed by atoms with Gasteiger partial charge in [0.15, 0.2) is 0 Å². The fourth-order valence-corrected chi connectivity index (χ4v) is 2.59.